The van der Waals surface area contributed by atoms with E-state index in [9.17, 15) is 4.79 Å². The standard InChI is InChI=1S/C16H14Cl2O2/c1-20-16(19)13(12-7-3-5-9-15(12)18)10-11-6-2-4-8-14(11)17/h2-9,13H,10H2,1H3/t13-/m1/s1. The Kier molecular flexibility index (Phi) is 5.05. The van der Waals surface area contributed by atoms with Crippen LogP contribution in [-0.2, 0) is 16.0 Å². The first-order chi connectivity index (χ1) is 9.63. The second-order valence-electron chi connectivity index (χ2n) is 4.39. The quantitative estimate of drug-likeness (QED) is 0.778. The predicted octanol–water partition coefficient (Wildman–Crippen LogP) is 4.49. The fourth-order valence-corrected chi connectivity index (χ4v) is 2.58. The topological polar surface area (TPSA) is 26.3 Å². The Balaban J connectivity index is 2.37. The fourth-order valence-electron chi connectivity index (χ4n) is 2.10. The first-order valence-electron chi connectivity index (χ1n) is 6.19. The smallest absolute Gasteiger partial charge is 0.313 e. The Bertz CT molecular complexity index is 611. The molecule has 2 aromatic carbocycles. The van der Waals surface area contributed by atoms with Gasteiger partial charge in [-0.2, -0.15) is 0 Å². The van der Waals surface area contributed by atoms with E-state index in [1.165, 1.54) is 7.11 Å². The van der Waals surface area contributed by atoms with E-state index in [-0.39, 0.29) is 5.97 Å². The minimum Gasteiger partial charge on any atom is -0.469 e. The van der Waals surface area contributed by atoms with E-state index in [0.717, 1.165) is 11.1 Å². The van der Waals surface area contributed by atoms with Crippen LogP contribution in [0.25, 0.3) is 0 Å². The molecule has 2 nitrogen and oxygen atoms in total. The highest BCUT2D eigenvalue weighted by atomic mass is 35.5. The van der Waals surface area contributed by atoms with Gasteiger partial charge in [0, 0.05) is 10.0 Å². The molecule has 0 aromatic heterocycles. The van der Waals surface area contributed by atoms with E-state index >= 15 is 0 Å². The van der Waals surface area contributed by atoms with Gasteiger partial charge >= 0.3 is 5.97 Å². The minimum absolute atomic E-state index is 0.321. The molecule has 0 radical (unpaired) electrons. The molecule has 0 amide bonds. The third kappa shape index (κ3) is 3.33. The number of benzene rings is 2. The molecular weight excluding hydrogens is 295 g/mol. The number of carbonyl (C=O) groups excluding carboxylic acids is 1. The summed E-state index contributed by atoms with van der Waals surface area (Å²) in [5.41, 5.74) is 1.64. The summed E-state index contributed by atoms with van der Waals surface area (Å²) >= 11 is 12.3. The first kappa shape index (κ1) is 14.9. The number of rotatable bonds is 4. The van der Waals surface area contributed by atoms with E-state index in [2.05, 4.69) is 0 Å². The third-order valence-corrected chi connectivity index (χ3v) is 3.86. The van der Waals surface area contributed by atoms with Crippen molar-refractivity contribution in [2.75, 3.05) is 7.11 Å². The van der Waals surface area contributed by atoms with Crippen molar-refractivity contribution in [3.05, 3.63) is 69.7 Å². The number of ether oxygens (including phenoxy) is 1. The normalized spacial score (nSPS) is 11.9. The summed E-state index contributed by atoms with van der Waals surface area (Å²) in [4.78, 5) is 12.1. The van der Waals surface area contributed by atoms with Gasteiger partial charge in [-0.05, 0) is 29.7 Å². The molecule has 0 aliphatic carbocycles. The number of halogens is 2. The Morgan fingerprint density at radius 3 is 2.25 bits per heavy atom. The summed E-state index contributed by atoms with van der Waals surface area (Å²) in [5, 5.41) is 1.18. The van der Waals surface area contributed by atoms with Gasteiger partial charge in [0.25, 0.3) is 0 Å². The van der Waals surface area contributed by atoms with Crippen molar-refractivity contribution in [1.82, 2.24) is 0 Å². The van der Waals surface area contributed by atoms with Crippen molar-refractivity contribution in [3.63, 3.8) is 0 Å². The van der Waals surface area contributed by atoms with Crippen LogP contribution in [0.1, 0.15) is 17.0 Å². The average molecular weight is 309 g/mol. The molecule has 2 aromatic rings. The van der Waals surface area contributed by atoms with Crippen molar-refractivity contribution in [2.24, 2.45) is 0 Å². The van der Waals surface area contributed by atoms with Gasteiger partial charge in [0.2, 0.25) is 0 Å². The molecule has 4 heteroatoms. The lowest BCUT2D eigenvalue weighted by Crippen LogP contribution is -2.17. The van der Waals surface area contributed by atoms with Crippen molar-refractivity contribution in [2.45, 2.75) is 12.3 Å². The molecule has 0 spiro atoms. The van der Waals surface area contributed by atoms with Gasteiger partial charge in [-0.25, -0.2) is 0 Å². The number of hydrogen-bond acceptors (Lipinski definition) is 2. The van der Waals surface area contributed by atoms with Crippen LogP contribution in [0.2, 0.25) is 10.0 Å². The van der Waals surface area contributed by atoms with E-state index in [1.807, 2.05) is 36.4 Å². The molecule has 0 saturated heterocycles. The van der Waals surface area contributed by atoms with Crippen molar-refractivity contribution in [1.29, 1.82) is 0 Å². The maximum Gasteiger partial charge on any atom is 0.313 e. The summed E-state index contributed by atoms with van der Waals surface area (Å²) < 4.78 is 4.89. The van der Waals surface area contributed by atoms with Crippen LogP contribution in [-0.4, -0.2) is 13.1 Å². The SMILES string of the molecule is COC(=O)[C@H](Cc1ccccc1Cl)c1ccccc1Cl. The summed E-state index contributed by atoms with van der Waals surface area (Å²) in [6.45, 7) is 0. The Morgan fingerprint density at radius 1 is 1.05 bits per heavy atom. The summed E-state index contributed by atoms with van der Waals surface area (Å²) in [6, 6.07) is 14.7. The third-order valence-electron chi connectivity index (χ3n) is 3.15. The average Bonchev–Trinajstić information content (AvgIpc) is 2.47. The Morgan fingerprint density at radius 2 is 1.65 bits per heavy atom. The van der Waals surface area contributed by atoms with Crippen molar-refractivity contribution in [3.8, 4) is 0 Å². The molecule has 20 heavy (non-hydrogen) atoms. The molecule has 0 bridgehead atoms. The maximum absolute atomic E-state index is 12.1. The number of carbonyl (C=O) groups is 1. The number of esters is 1. The van der Waals surface area contributed by atoms with Crippen molar-refractivity contribution >= 4 is 29.2 Å². The molecular formula is C16H14Cl2O2. The van der Waals surface area contributed by atoms with Crippen LogP contribution in [0.4, 0.5) is 0 Å². The molecule has 0 unspecified atom stereocenters. The summed E-state index contributed by atoms with van der Waals surface area (Å²) in [6.07, 6.45) is 0.454. The Labute approximate surface area is 128 Å². The first-order valence-corrected chi connectivity index (χ1v) is 6.94. The van der Waals surface area contributed by atoms with E-state index in [0.29, 0.717) is 16.5 Å². The molecule has 0 fully saturated rings. The highest BCUT2D eigenvalue weighted by molar-refractivity contribution is 6.32. The van der Waals surface area contributed by atoms with Crippen LogP contribution in [0.15, 0.2) is 48.5 Å². The summed E-state index contributed by atoms with van der Waals surface area (Å²) in [7, 11) is 1.37. The van der Waals surface area contributed by atoms with Gasteiger partial charge in [-0.15, -0.1) is 0 Å². The molecule has 0 aliphatic heterocycles. The molecule has 104 valence electrons. The lowest BCUT2D eigenvalue weighted by atomic mass is 9.92. The van der Waals surface area contributed by atoms with Gasteiger partial charge in [0.05, 0.1) is 13.0 Å². The van der Waals surface area contributed by atoms with Crippen LogP contribution in [0.5, 0.6) is 0 Å². The zero-order valence-corrected chi connectivity index (χ0v) is 12.5. The van der Waals surface area contributed by atoms with Gasteiger partial charge in [-0.3, -0.25) is 4.79 Å². The molecule has 0 saturated carbocycles. The second-order valence-corrected chi connectivity index (χ2v) is 5.21. The highest BCUT2D eigenvalue weighted by Crippen LogP contribution is 2.30. The lowest BCUT2D eigenvalue weighted by Gasteiger charge is -2.17. The fraction of sp³-hybridized carbons (Fsp3) is 0.188. The van der Waals surface area contributed by atoms with Gasteiger partial charge in [-0.1, -0.05) is 59.6 Å². The van der Waals surface area contributed by atoms with E-state index < -0.39 is 5.92 Å². The van der Waals surface area contributed by atoms with Crippen LogP contribution >= 0.6 is 23.2 Å². The minimum atomic E-state index is -0.464. The van der Waals surface area contributed by atoms with Crippen LogP contribution < -0.4 is 0 Å². The van der Waals surface area contributed by atoms with Gasteiger partial charge < -0.3 is 4.74 Å². The molecule has 1 atom stereocenters. The van der Waals surface area contributed by atoms with E-state index in [1.54, 1.807) is 12.1 Å². The lowest BCUT2D eigenvalue weighted by molar-refractivity contribution is -0.142. The second kappa shape index (κ2) is 6.78. The largest absolute Gasteiger partial charge is 0.469 e. The monoisotopic (exact) mass is 308 g/mol. The zero-order chi connectivity index (χ0) is 14.5. The Hall–Kier alpha value is -1.51. The molecule has 0 heterocycles. The molecule has 0 N–H and O–H groups in total. The number of methoxy groups -OCH3 is 1. The summed E-state index contributed by atoms with van der Waals surface area (Å²) in [5.74, 6) is -0.786. The molecule has 2 rings (SSSR count). The zero-order valence-electron chi connectivity index (χ0n) is 11.0. The number of hydrogen-bond donors (Lipinski definition) is 0. The predicted molar refractivity (Wildman–Crippen MR) is 81.4 cm³/mol. The van der Waals surface area contributed by atoms with Crippen LogP contribution in [0, 0.1) is 0 Å². The van der Waals surface area contributed by atoms with Gasteiger partial charge in [0.15, 0.2) is 0 Å². The van der Waals surface area contributed by atoms with Gasteiger partial charge in [0.1, 0.15) is 0 Å². The molecule has 0 aliphatic rings. The van der Waals surface area contributed by atoms with Crippen molar-refractivity contribution < 1.29 is 9.53 Å². The maximum atomic E-state index is 12.1. The highest BCUT2D eigenvalue weighted by Gasteiger charge is 2.24. The van der Waals surface area contributed by atoms with Crippen LogP contribution in [0.3, 0.4) is 0 Å². The van der Waals surface area contributed by atoms with E-state index in [4.69, 9.17) is 27.9 Å².